The first kappa shape index (κ1) is 14.1. The summed E-state index contributed by atoms with van der Waals surface area (Å²) in [5, 5.41) is 10.1. The first-order valence-electron chi connectivity index (χ1n) is 6.76. The molecule has 20 heavy (non-hydrogen) atoms. The normalized spacial score (nSPS) is 10.6. The second-order valence-electron chi connectivity index (χ2n) is 4.86. The van der Waals surface area contributed by atoms with Gasteiger partial charge in [0.1, 0.15) is 11.7 Å². The van der Waals surface area contributed by atoms with Crippen LogP contribution in [0.4, 0.5) is 5.69 Å². The van der Waals surface area contributed by atoms with Crippen LogP contribution in [0, 0.1) is 25.2 Å². The van der Waals surface area contributed by atoms with E-state index in [0.717, 1.165) is 29.6 Å². The van der Waals surface area contributed by atoms with Crippen LogP contribution in [0.25, 0.3) is 11.0 Å². The molecule has 2 rings (SSSR count). The highest BCUT2D eigenvalue weighted by atomic mass is 16.4. The molecule has 1 aromatic heterocycles. The number of fused-ring (bicyclic) bond motifs is 1. The van der Waals surface area contributed by atoms with Gasteiger partial charge in [-0.05, 0) is 44.9 Å². The van der Waals surface area contributed by atoms with E-state index < -0.39 is 5.63 Å². The topological polar surface area (TPSA) is 57.2 Å². The summed E-state index contributed by atoms with van der Waals surface area (Å²) in [6.45, 7) is 9.39. The van der Waals surface area contributed by atoms with Crippen molar-refractivity contribution in [3.8, 4) is 6.07 Å². The Morgan fingerprint density at radius 3 is 2.45 bits per heavy atom. The minimum absolute atomic E-state index is 0.0891. The fourth-order valence-electron chi connectivity index (χ4n) is 2.61. The zero-order chi connectivity index (χ0) is 14.9. The Morgan fingerprint density at radius 1 is 1.25 bits per heavy atom. The molecular formula is C16H18N2O2. The fraction of sp³-hybridized carbons (Fsp3) is 0.375. The predicted octanol–water partition coefficient (Wildman–Crippen LogP) is 3.13. The summed E-state index contributed by atoms with van der Waals surface area (Å²) >= 11 is 0. The maximum absolute atomic E-state index is 12.0. The summed E-state index contributed by atoms with van der Waals surface area (Å²) in [7, 11) is 0. The standard InChI is InChI=1S/C16H18N2O2/c1-5-18(6-2)14-12-8-10(3)7-11(4)15(12)20-16(19)13(14)9-17/h7-8H,5-6H2,1-4H3. The molecule has 0 aliphatic carbocycles. The lowest BCUT2D eigenvalue weighted by atomic mass is 10.0. The van der Waals surface area contributed by atoms with Crippen LogP contribution in [0.5, 0.6) is 0 Å². The molecule has 4 nitrogen and oxygen atoms in total. The van der Waals surface area contributed by atoms with Crippen LogP contribution in [0.1, 0.15) is 30.5 Å². The Balaban J connectivity index is 3.00. The molecule has 0 aliphatic rings. The van der Waals surface area contributed by atoms with Gasteiger partial charge in [-0.2, -0.15) is 5.26 Å². The number of anilines is 1. The Hall–Kier alpha value is -2.28. The number of hydrogen-bond donors (Lipinski definition) is 0. The third-order valence-corrected chi connectivity index (χ3v) is 3.50. The molecule has 0 saturated heterocycles. The lowest BCUT2D eigenvalue weighted by Gasteiger charge is -2.23. The monoisotopic (exact) mass is 270 g/mol. The third-order valence-electron chi connectivity index (χ3n) is 3.50. The molecule has 0 N–H and O–H groups in total. The molecule has 0 spiro atoms. The highest BCUT2D eigenvalue weighted by molar-refractivity contribution is 5.95. The largest absolute Gasteiger partial charge is 0.421 e. The lowest BCUT2D eigenvalue weighted by Crippen LogP contribution is -2.25. The highest BCUT2D eigenvalue weighted by Gasteiger charge is 2.19. The number of aryl methyl sites for hydroxylation is 2. The molecule has 1 heterocycles. The van der Waals surface area contributed by atoms with Gasteiger partial charge in [-0.15, -0.1) is 0 Å². The minimum Gasteiger partial charge on any atom is -0.421 e. The van der Waals surface area contributed by atoms with E-state index in [1.807, 2.05) is 50.8 Å². The van der Waals surface area contributed by atoms with Gasteiger partial charge < -0.3 is 9.32 Å². The minimum atomic E-state index is -0.561. The zero-order valence-electron chi connectivity index (χ0n) is 12.3. The van der Waals surface area contributed by atoms with Crippen LogP contribution < -0.4 is 10.5 Å². The molecule has 1 aromatic carbocycles. The van der Waals surface area contributed by atoms with Crippen molar-refractivity contribution in [2.45, 2.75) is 27.7 Å². The third kappa shape index (κ3) is 2.16. The van der Waals surface area contributed by atoms with Gasteiger partial charge in [0, 0.05) is 18.5 Å². The SMILES string of the molecule is CCN(CC)c1c(C#N)c(=O)oc2c(C)cc(C)cc12. The quantitative estimate of drug-likeness (QED) is 0.804. The Labute approximate surface area is 118 Å². The van der Waals surface area contributed by atoms with Crippen LogP contribution in [0.2, 0.25) is 0 Å². The molecule has 0 amide bonds. The molecule has 104 valence electrons. The molecule has 0 bridgehead atoms. The Kier molecular flexibility index (Phi) is 3.80. The van der Waals surface area contributed by atoms with Crippen molar-refractivity contribution >= 4 is 16.7 Å². The van der Waals surface area contributed by atoms with Crippen LogP contribution in [0.15, 0.2) is 21.3 Å². The predicted molar refractivity (Wildman–Crippen MR) is 80.2 cm³/mol. The van der Waals surface area contributed by atoms with Crippen LogP contribution in [0.3, 0.4) is 0 Å². The summed E-state index contributed by atoms with van der Waals surface area (Å²) in [4.78, 5) is 14.1. The van der Waals surface area contributed by atoms with Crippen molar-refractivity contribution in [3.05, 3.63) is 39.2 Å². The number of benzene rings is 1. The van der Waals surface area contributed by atoms with E-state index in [0.29, 0.717) is 11.3 Å². The van der Waals surface area contributed by atoms with Gasteiger partial charge in [0.2, 0.25) is 0 Å². The summed E-state index contributed by atoms with van der Waals surface area (Å²) in [6.07, 6.45) is 0. The maximum atomic E-state index is 12.0. The summed E-state index contributed by atoms with van der Waals surface area (Å²) in [5.74, 6) is 0. The average Bonchev–Trinajstić information content (AvgIpc) is 2.41. The zero-order valence-corrected chi connectivity index (χ0v) is 12.3. The Bertz CT molecular complexity index is 750. The van der Waals surface area contributed by atoms with Crippen LogP contribution in [-0.4, -0.2) is 13.1 Å². The summed E-state index contributed by atoms with van der Waals surface area (Å²) < 4.78 is 5.34. The Morgan fingerprint density at radius 2 is 1.90 bits per heavy atom. The van der Waals surface area contributed by atoms with E-state index in [-0.39, 0.29) is 5.56 Å². The van der Waals surface area contributed by atoms with Gasteiger partial charge in [0.25, 0.3) is 0 Å². The average molecular weight is 270 g/mol. The van der Waals surface area contributed by atoms with E-state index in [1.165, 1.54) is 0 Å². The first-order valence-corrected chi connectivity index (χ1v) is 6.76. The van der Waals surface area contributed by atoms with E-state index in [1.54, 1.807) is 0 Å². The van der Waals surface area contributed by atoms with Gasteiger partial charge in [-0.25, -0.2) is 4.79 Å². The van der Waals surface area contributed by atoms with Crippen molar-refractivity contribution in [3.63, 3.8) is 0 Å². The van der Waals surface area contributed by atoms with Crippen molar-refractivity contribution in [1.29, 1.82) is 5.26 Å². The highest BCUT2D eigenvalue weighted by Crippen LogP contribution is 2.31. The van der Waals surface area contributed by atoms with Crippen LogP contribution in [-0.2, 0) is 0 Å². The molecule has 0 radical (unpaired) electrons. The first-order chi connectivity index (χ1) is 9.53. The number of nitriles is 1. The maximum Gasteiger partial charge on any atom is 0.356 e. The number of hydrogen-bond acceptors (Lipinski definition) is 4. The number of rotatable bonds is 3. The molecular weight excluding hydrogens is 252 g/mol. The van der Waals surface area contributed by atoms with Crippen molar-refractivity contribution in [2.75, 3.05) is 18.0 Å². The van der Waals surface area contributed by atoms with E-state index >= 15 is 0 Å². The van der Waals surface area contributed by atoms with Crippen LogP contribution >= 0.6 is 0 Å². The summed E-state index contributed by atoms with van der Waals surface area (Å²) in [5.41, 5.74) is 2.79. The molecule has 4 heteroatoms. The van der Waals surface area contributed by atoms with Crippen molar-refractivity contribution in [1.82, 2.24) is 0 Å². The second kappa shape index (κ2) is 5.38. The van der Waals surface area contributed by atoms with E-state index in [2.05, 4.69) is 0 Å². The summed E-state index contributed by atoms with van der Waals surface area (Å²) in [6, 6.07) is 5.94. The van der Waals surface area contributed by atoms with E-state index in [4.69, 9.17) is 4.42 Å². The van der Waals surface area contributed by atoms with Gasteiger partial charge >= 0.3 is 5.63 Å². The van der Waals surface area contributed by atoms with Gasteiger partial charge in [-0.1, -0.05) is 6.07 Å². The van der Waals surface area contributed by atoms with Crippen molar-refractivity contribution < 1.29 is 4.42 Å². The number of nitrogens with zero attached hydrogens (tertiary/aromatic N) is 2. The van der Waals surface area contributed by atoms with Gasteiger partial charge in [0.15, 0.2) is 5.56 Å². The molecule has 0 saturated carbocycles. The fourth-order valence-corrected chi connectivity index (χ4v) is 2.61. The molecule has 0 atom stereocenters. The van der Waals surface area contributed by atoms with Gasteiger partial charge in [0.05, 0.1) is 5.69 Å². The van der Waals surface area contributed by atoms with Gasteiger partial charge in [-0.3, -0.25) is 0 Å². The molecule has 0 aliphatic heterocycles. The lowest BCUT2D eigenvalue weighted by molar-refractivity contribution is 0.555. The molecule has 0 unspecified atom stereocenters. The van der Waals surface area contributed by atoms with Crippen molar-refractivity contribution in [2.24, 2.45) is 0 Å². The van der Waals surface area contributed by atoms with E-state index in [9.17, 15) is 10.1 Å². The molecule has 0 fully saturated rings. The molecule has 2 aromatic rings. The smallest absolute Gasteiger partial charge is 0.356 e. The second-order valence-corrected chi connectivity index (χ2v) is 4.86.